The third kappa shape index (κ3) is 2.47. The summed E-state index contributed by atoms with van der Waals surface area (Å²) >= 11 is 2.06. The molecule has 5 heteroatoms. The van der Waals surface area contributed by atoms with Crippen LogP contribution >= 0.6 is 11.8 Å². The highest BCUT2D eigenvalue weighted by atomic mass is 32.2. The van der Waals surface area contributed by atoms with Crippen LogP contribution in [0.3, 0.4) is 0 Å². The van der Waals surface area contributed by atoms with E-state index < -0.39 is 0 Å². The second-order valence-corrected chi connectivity index (χ2v) is 6.95. The van der Waals surface area contributed by atoms with Gasteiger partial charge in [-0.3, -0.25) is 4.98 Å². The maximum Gasteiger partial charge on any atom is 0.0951 e. The van der Waals surface area contributed by atoms with Crippen LogP contribution in [0, 0.1) is 0 Å². The van der Waals surface area contributed by atoms with E-state index in [9.17, 15) is 0 Å². The summed E-state index contributed by atoms with van der Waals surface area (Å²) in [5.74, 6) is 1.26. The Morgan fingerprint density at radius 3 is 3.05 bits per heavy atom. The number of thioether (sulfide) groups is 1. The van der Waals surface area contributed by atoms with Crippen LogP contribution < -0.4 is 5.73 Å². The summed E-state index contributed by atoms with van der Waals surface area (Å²) in [6.07, 6.45) is 9.86. The summed E-state index contributed by atoms with van der Waals surface area (Å²) in [5.41, 5.74) is 8.81. The van der Waals surface area contributed by atoms with Crippen molar-refractivity contribution < 1.29 is 0 Å². The molecule has 0 radical (unpaired) electrons. The molecular formula is C14H18N4S. The van der Waals surface area contributed by atoms with Crippen LogP contribution in [-0.2, 0) is 6.54 Å². The molecule has 1 aliphatic rings. The first-order valence-corrected chi connectivity index (χ1v) is 7.50. The van der Waals surface area contributed by atoms with Crippen molar-refractivity contribution in [1.29, 1.82) is 0 Å². The van der Waals surface area contributed by atoms with Gasteiger partial charge in [-0.1, -0.05) is 0 Å². The minimum Gasteiger partial charge on any atom is -0.398 e. The Morgan fingerprint density at radius 2 is 2.32 bits per heavy atom. The molecule has 0 saturated carbocycles. The van der Waals surface area contributed by atoms with E-state index in [-0.39, 0.29) is 0 Å². The predicted molar refractivity (Wildman–Crippen MR) is 80.0 cm³/mol. The Hall–Kier alpha value is -1.49. The molecule has 1 aliphatic heterocycles. The first-order chi connectivity index (χ1) is 9.18. The summed E-state index contributed by atoms with van der Waals surface area (Å²) < 4.78 is 2.51. The van der Waals surface area contributed by atoms with Crippen molar-refractivity contribution >= 4 is 17.4 Å². The molecule has 2 aromatic rings. The first-order valence-electron chi connectivity index (χ1n) is 6.52. The Kier molecular flexibility index (Phi) is 3.22. The SMILES string of the molecule is CC1(Cn2cncc2-c2cnccc2N)CCCS1. The van der Waals surface area contributed by atoms with E-state index in [2.05, 4.69) is 33.2 Å². The van der Waals surface area contributed by atoms with Crippen LogP contribution in [0.4, 0.5) is 5.69 Å². The molecule has 0 bridgehead atoms. The number of nitrogens with two attached hydrogens (primary N) is 1. The summed E-state index contributed by atoms with van der Waals surface area (Å²) in [5, 5.41) is 0. The minimum absolute atomic E-state index is 0.312. The maximum absolute atomic E-state index is 6.04. The fourth-order valence-electron chi connectivity index (χ4n) is 2.61. The largest absolute Gasteiger partial charge is 0.398 e. The molecule has 0 amide bonds. The lowest BCUT2D eigenvalue weighted by Crippen LogP contribution is -2.23. The molecule has 100 valence electrons. The van der Waals surface area contributed by atoms with Crippen LogP contribution in [0.15, 0.2) is 31.0 Å². The smallest absolute Gasteiger partial charge is 0.0951 e. The number of aromatic nitrogens is 3. The lowest BCUT2D eigenvalue weighted by molar-refractivity contribution is 0.513. The number of nitrogens with zero attached hydrogens (tertiary/aromatic N) is 3. The lowest BCUT2D eigenvalue weighted by atomic mass is 10.1. The summed E-state index contributed by atoms with van der Waals surface area (Å²) in [4.78, 5) is 8.45. The number of hydrogen-bond donors (Lipinski definition) is 1. The fraction of sp³-hybridized carbons (Fsp3) is 0.429. The average Bonchev–Trinajstić information content (AvgIpc) is 3.00. The summed E-state index contributed by atoms with van der Waals surface area (Å²) in [6, 6.07) is 1.83. The highest BCUT2D eigenvalue weighted by Crippen LogP contribution is 2.40. The molecule has 0 aromatic carbocycles. The molecule has 0 spiro atoms. The van der Waals surface area contributed by atoms with Gasteiger partial charge in [0.05, 0.1) is 18.2 Å². The molecule has 0 aliphatic carbocycles. The lowest BCUT2D eigenvalue weighted by Gasteiger charge is -2.24. The Labute approximate surface area is 117 Å². The number of hydrogen-bond acceptors (Lipinski definition) is 4. The molecule has 1 fully saturated rings. The fourth-order valence-corrected chi connectivity index (χ4v) is 3.91. The molecule has 1 atom stereocenters. The number of rotatable bonds is 3. The number of imidazole rings is 1. The van der Waals surface area contributed by atoms with E-state index in [0.29, 0.717) is 4.75 Å². The monoisotopic (exact) mass is 274 g/mol. The van der Waals surface area contributed by atoms with Gasteiger partial charge in [-0.15, -0.1) is 0 Å². The minimum atomic E-state index is 0.312. The normalized spacial score (nSPS) is 22.8. The van der Waals surface area contributed by atoms with Crippen LogP contribution in [-0.4, -0.2) is 25.0 Å². The van der Waals surface area contributed by atoms with Gasteiger partial charge < -0.3 is 10.3 Å². The molecular weight excluding hydrogens is 256 g/mol. The third-order valence-corrected chi connectivity index (χ3v) is 5.17. The van der Waals surface area contributed by atoms with Gasteiger partial charge in [0.25, 0.3) is 0 Å². The van der Waals surface area contributed by atoms with E-state index in [0.717, 1.165) is 23.5 Å². The highest BCUT2D eigenvalue weighted by molar-refractivity contribution is 8.00. The molecule has 3 rings (SSSR count). The number of anilines is 1. The van der Waals surface area contributed by atoms with E-state index >= 15 is 0 Å². The van der Waals surface area contributed by atoms with Crippen molar-refractivity contribution in [1.82, 2.24) is 14.5 Å². The van der Waals surface area contributed by atoms with Crippen LogP contribution in [0.1, 0.15) is 19.8 Å². The van der Waals surface area contributed by atoms with E-state index in [1.54, 1.807) is 6.20 Å². The van der Waals surface area contributed by atoms with Gasteiger partial charge in [-0.05, 0) is 31.6 Å². The van der Waals surface area contributed by atoms with Crippen molar-refractivity contribution in [3.05, 3.63) is 31.0 Å². The second-order valence-electron chi connectivity index (χ2n) is 5.27. The molecule has 2 aromatic heterocycles. The van der Waals surface area contributed by atoms with Gasteiger partial charge in [0.1, 0.15) is 0 Å². The van der Waals surface area contributed by atoms with Crippen molar-refractivity contribution in [3.8, 4) is 11.3 Å². The predicted octanol–water partition coefficient (Wildman–Crippen LogP) is 2.81. The van der Waals surface area contributed by atoms with Gasteiger partial charge in [0, 0.05) is 34.9 Å². The summed E-state index contributed by atoms with van der Waals surface area (Å²) in [7, 11) is 0. The van der Waals surface area contributed by atoms with Crippen LogP contribution in [0.2, 0.25) is 0 Å². The molecule has 1 saturated heterocycles. The van der Waals surface area contributed by atoms with Gasteiger partial charge >= 0.3 is 0 Å². The Balaban J connectivity index is 1.93. The van der Waals surface area contributed by atoms with Crippen molar-refractivity contribution in [2.45, 2.75) is 31.1 Å². The number of pyridine rings is 1. The standard InChI is InChI=1S/C14H18N4S/c1-14(4-2-6-19-14)9-18-10-17-8-13(18)11-7-16-5-3-12(11)15/h3,5,7-8,10H,2,4,6,9H2,1H3,(H2,15,16). The van der Waals surface area contributed by atoms with E-state index in [1.807, 2.05) is 24.8 Å². The quantitative estimate of drug-likeness (QED) is 0.935. The van der Waals surface area contributed by atoms with E-state index in [1.165, 1.54) is 18.6 Å². The van der Waals surface area contributed by atoms with Crippen LogP contribution in [0.25, 0.3) is 11.3 Å². The van der Waals surface area contributed by atoms with Crippen molar-refractivity contribution in [2.75, 3.05) is 11.5 Å². The van der Waals surface area contributed by atoms with E-state index in [4.69, 9.17) is 5.73 Å². The Morgan fingerprint density at radius 1 is 1.42 bits per heavy atom. The summed E-state index contributed by atoms with van der Waals surface area (Å²) in [6.45, 7) is 3.31. The zero-order valence-corrected chi connectivity index (χ0v) is 11.9. The second kappa shape index (κ2) is 4.89. The third-order valence-electron chi connectivity index (χ3n) is 3.65. The van der Waals surface area contributed by atoms with Crippen LogP contribution in [0.5, 0.6) is 0 Å². The Bertz CT molecular complexity index is 572. The molecule has 4 nitrogen and oxygen atoms in total. The van der Waals surface area contributed by atoms with Crippen molar-refractivity contribution in [2.24, 2.45) is 0 Å². The van der Waals surface area contributed by atoms with Gasteiger partial charge in [0.2, 0.25) is 0 Å². The maximum atomic E-state index is 6.04. The van der Waals surface area contributed by atoms with Crippen molar-refractivity contribution in [3.63, 3.8) is 0 Å². The molecule has 2 N–H and O–H groups in total. The van der Waals surface area contributed by atoms with Gasteiger partial charge in [0.15, 0.2) is 0 Å². The number of nitrogen functional groups attached to an aromatic ring is 1. The topological polar surface area (TPSA) is 56.7 Å². The average molecular weight is 274 g/mol. The zero-order chi connectivity index (χ0) is 13.3. The van der Waals surface area contributed by atoms with Gasteiger partial charge in [-0.2, -0.15) is 11.8 Å². The molecule has 19 heavy (non-hydrogen) atoms. The highest BCUT2D eigenvalue weighted by Gasteiger charge is 2.30. The molecule has 1 unspecified atom stereocenters. The molecule has 3 heterocycles. The zero-order valence-electron chi connectivity index (χ0n) is 11.0. The van der Waals surface area contributed by atoms with Gasteiger partial charge in [-0.25, -0.2) is 4.98 Å². The first kappa shape index (κ1) is 12.5.